The fraction of sp³-hybridized carbons (Fsp3) is 0.269. The van der Waals surface area contributed by atoms with Crippen LogP contribution in [-0.2, 0) is 28.6 Å². The van der Waals surface area contributed by atoms with Gasteiger partial charge in [-0.3, -0.25) is 0 Å². The normalized spacial score (nSPS) is 14.8. The van der Waals surface area contributed by atoms with E-state index in [2.05, 4.69) is 22.6 Å². The maximum atomic E-state index is 13.0. The maximum Gasteiger partial charge on any atom is 0.319 e. The van der Waals surface area contributed by atoms with Crippen LogP contribution in [0.4, 0.5) is 10.5 Å². The summed E-state index contributed by atoms with van der Waals surface area (Å²) in [5.41, 5.74) is 4.59. The van der Waals surface area contributed by atoms with E-state index in [0.717, 1.165) is 30.6 Å². The van der Waals surface area contributed by atoms with E-state index < -0.39 is 15.9 Å². The predicted octanol–water partition coefficient (Wildman–Crippen LogP) is 5.18. The van der Waals surface area contributed by atoms with E-state index in [1.165, 1.54) is 23.3 Å². The molecule has 2 amide bonds. The number of halogens is 1. The molecule has 0 fully saturated rings. The van der Waals surface area contributed by atoms with Gasteiger partial charge in [0.05, 0.1) is 16.7 Å². The zero-order valence-electron chi connectivity index (χ0n) is 19.2. The lowest BCUT2D eigenvalue weighted by Crippen LogP contribution is -2.31. The van der Waals surface area contributed by atoms with Crippen LogP contribution in [0.1, 0.15) is 35.2 Å². The number of hydrogen-bond acceptors (Lipinski definition) is 4. The van der Waals surface area contributed by atoms with Crippen molar-refractivity contribution in [1.82, 2.24) is 10.2 Å². The third-order valence-electron chi connectivity index (χ3n) is 6.02. The Labute approximate surface area is 205 Å². The molecule has 4 rings (SSSR count). The van der Waals surface area contributed by atoms with E-state index in [1.807, 2.05) is 43.3 Å². The number of fused-ring (bicyclic) bond motifs is 1. The summed E-state index contributed by atoms with van der Waals surface area (Å²) in [6, 6.07) is 18.8. The van der Waals surface area contributed by atoms with Gasteiger partial charge in [-0.05, 0) is 73.0 Å². The van der Waals surface area contributed by atoms with Gasteiger partial charge in [0.2, 0.25) is 0 Å². The van der Waals surface area contributed by atoms with Crippen LogP contribution in [0.15, 0.2) is 71.6 Å². The molecule has 8 heteroatoms. The zero-order valence-corrected chi connectivity index (χ0v) is 20.8. The molecule has 3 aromatic carbocycles. The first-order valence-corrected chi connectivity index (χ1v) is 13.2. The van der Waals surface area contributed by atoms with Crippen molar-refractivity contribution in [3.8, 4) is 0 Å². The number of carbonyl (C=O) groups is 1. The van der Waals surface area contributed by atoms with Gasteiger partial charge in [-0.2, -0.15) is 0 Å². The number of nitrogens with one attached hydrogen (secondary N) is 2. The Kier molecular flexibility index (Phi) is 7.26. The standard InChI is InChI=1S/C26H28ClN3O3S/c1-18(24-5-3-4-6-25(24)27)28-26(31)29-22-9-11-23(12-10-22)34(32,33)17-19-7-8-21-16-30(2)14-13-20(21)15-19/h3-12,15,18H,13-14,16-17H2,1-2H3,(H2,28,29,31). The van der Waals surface area contributed by atoms with Crippen molar-refractivity contribution in [2.75, 3.05) is 18.9 Å². The molecule has 3 aromatic rings. The minimum Gasteiger partial charge on any atom is -0.331 e. The second-order valence-corrected chi connectivity index (χ2v) is 11.1. The molecular weight excluding hydrogens is 470 g/mol. The van der Waals surface area contributed by atoms with Crippen molar-refractivity contribution in [3.63, 3.8) is 0 Å². The van der Waals surface area contributed by atoms with Gasteiger partial charge >= 0.3 is 6.03 Å². The van der Waals surface area contributed by atoms with Crippen molar-refractivity contribution in [1.29, 1.82) is 0 Å². The van der Waals surface area contributed by atoms with Crippen LogP contribution < -0.4 is 10.6 Å². The lowest BCUT2D eigenvalue weighted by molar-refractivity contribution is 0.249. The molecule has 6 nitrogen and oxygen atoms in total. The third kappa shape index (κ3) is 5.78. The summed E-state index contributed by atoms with van der Waals surface area (Å²) >= 11 is 6.19. The smallest absolute Gasteiger partial charge is 0.319 e. The molecule has 0 radical (unpaired) electrons. The second-order valence-electron chi connectivity index (χ2n) is 8.72. The molecule has 0 aliphatic carbocycles. The SMILES string of the molecule is CC(NC(=O)Nc1ccc(S(=O)(=O)Cc2ccc3c(c2)CCN(C)C3)cc1)c1ccccc1Cl. The Hall–Kier alpha value is -2.87. The average molecular weight is 498 g/mol. The summed E-state index contributed by atoms with van der Waals surface area (Å²) in [6.07, 6.45) is 0.928. The molecule has 1 heterocycles. The highest BCUT2D eigenvalue weighted by atomic mass is 35.5. The fourth-order valence-electron chi connectivity index (χ4n) is 4.15. The number of carbonyl (C=O) groups excluding carboxylic acids is 1. The molecule has 0 aromatic heterocycles. The molecule has 0 saturated carbocycles. The fourth-order valence-corrected chi connectivity index (χ4v) is 5.79. The van der Waals surface area contributed by atoms with Crippen LogP contribution >= 0.6 is 11.6 Å². The van der Waals surface area contributed by atoms with Crippen LogP contribution in [0.25, 0.3) is 0 Å². The van der Waals surface area contributed by atoms with Crippen LogP contribution in [0.5, 0.6) is 0 Å². The molecule has 0 saturated heterocycles. The van der Waals surface area contributed by atoms with E-state index in [1.54, 1.807) is 18.2 Å². The second kappa shape index (κ2) is 10.2. The zero-order chi connectivity index (χ0) is 24.3. The van der Waals surface area contributed by atoms with E-state index in [0.29, 0.717) is 10.7 Å². The maximum absolute atomic E-state index is 13.0. The van der Waals surface area contributed by atoms with Gasteiger partial charge < -0.3 is 15.5 Å². The quantitative estimate of drug-likeness (QED) is 0.491. The molecule has 0 spiro atoms. The lowest BCUT2D eigenvalue weighted by atomic mass is 9.98. The Morgan fingerprint density at radius 1 is 1.06 bits per heavy atom. The molecule has 1 unspecified atom stereocenters. The topological polar surface area (TPSA) is 78.5 Å². The van der Waals surface area contributed by atoms with E-state index in [9.17, 15) is 13.2 Å². The lowest BCUT2D eigenvalue weighted by Gasteiger charge is -2.25. The van der Waals surface area contributed by atoms with Gasteiger partial charge in [0.25, 0.3) is 0 Å². The Morgan fingerprint density at radius 2 is 1.79 bits per heavy atom. The summed E-state index contributed by atoms with van der Waals surface area (Å²) in [5, 5.41) is 6.15. The number of sulfone groups is 1. The molecule has 178 valence electrons. The van der Waals surface area contributed by atoms with Gasteiger partial charge in [0.1, 0.15) is 0 Å². The molecule has 34 heavy (non-hydrogen) atoms. The first-order chi connectivity index (χ1) is 16.2. The minimum atomic E-state index is -3.51. The van der Waals surface area contributed by atoms with Crippen molar-refractivity contribution in [3.05, 3.63) is 94.0 Å². The predicted molar refractivity (Wildman–Crippen MR) is 136 cm³/mol. The Bertz CT molecular complexity index is 1290. The highest BCUT2D eigenvalue weighted by molar-refractivity contribution is 7.90. The Morgan fingerprint density at radius 3 is 2.53 bits per heavy atom. The largest absolute Gasteiger partial charge is 0.331 e. The molecule has 2 N–H and O–H groups in total. The number of hydrogen-bond donors (Lipinski definition) is 2. The van der Waals surface area contributed by atoms with Crippen molar-refractivity contribution in [2.45, 2.75) is 36.6 Å². The number of benzene rings is 3. The molecule has 1 aliphatic rings. The average Bonchev–Trinajstić information content (AvgIpc) is 2.79. The van der Waals surface area contributed by atoms with Crippen molar-refractivity contribution >= 4 is 33.2 Å². The molecule has 1 aliphatic heterocycles. The van der Waals surface area contributed by atoms with Crippen LogP contribution in [0, 0.1) is 0 Å². The number of anilines is 1. The molecule has 1 atom stereocenters. The molecule has 0 bridgehead atoms. The number of amides is 2. The summed E-state index contributed by atoms with van der Waals surface area (Å²) in [5.74, 6) is -0.0568. The highest BCUT2D eigenvalue weighted by Crippen LogP contribution is 2.24. The number of likely N-dealkylation sites (N-methyl/N-ethyl adjacent to an activating group) is 1. The first-order valence-electron chi connectivity index (χ1n) is 11.2. The minimum absolute atomic E-state index is 0.0568. The van der Waals surface area contributed by atoms with E-state index >= 15 is 0 Å². The summed E-state index contributed by atoms with van der Waals surface area (Å²) in [6.45, 7) is 3.71. The first kappa shape index (κ1) is 24.3. The van der Waals surface area contributed by atoms with Gasteiger partial charge in [-0.25, -0.2) is 13.2 Å². The van der Waals surface area contributed by atoms with Gasteiger partial charge in [0, 0.05) is 23.8 Å². The number of nitrogens with zero attached hydrogens (tertiary/aromatic N) is 1. The highest BCUT2D eigenvalue weighted by Gasteiger charge is 2.19. The molecular formula is C26H28ClN3O3S. The third-order valence-corrected chi connectivity index (χ3v) is 8.07. The number of urea groups is 1. The van der Waals surface area contributed by atoms with Crippen LogP contribution in [-0.4, -0.2) is 32.9 Å². The Balaban J connectivity index is 1.39. The van der Waals surface area contributed by atoms with Gasteiger partial charge in [0.15, 0.2) is 9.84 Å². The van der Waals surface area contributed by atoms with Crippen molar-refractivity contribution in [2.24, 2.45) is 0 Å². The van der Waals surface area contributed by atoms with Gasteiger partial charge in [-0.15, -0.1) is 0 Å². The van der Waals surface area contributed by atoms with Crippen LogP contribution in [0.2, 0.25) is 5.02 Å². The van der Waals surface area contributed by atoms with Crippen LogP contribution in [0.3, 0.4) is 0 Å². The van der Waals surface area contributed by atoms with E-state index in [-0.39, 0.29) is 16.7 Å². The number of rotatable bonds is 6. The summed E-state index contributed by atoms with van der Waals surface area (Å²) in [7, 11) is -1.42. The van der Waals surface area contributed by atoms with E-state index in [4.69, 9.17) is 11.6 Å². The van der Waals surface area contributed by atoms with Crippen molar-refractivity contribution < 1.29 is 13.2 Å². The van der Waals surface area contributed by atoms with Gasteiger partial charge in [-0.1, -0.05) is 48.0 Å². The summed E-state index contributed by atoms with van der Waals surface area (Å²) < 4.78 is 25.9. The monoisotopic (exact) mass is 497 g/mol. The summed E-state index contributed by atoms with van der Waals surface area (Å²) in [4.78, 5) is 14.9.